The molecule has 0 fully saturated rings. The summed E-state index contributed by atoms with van der Waals surface area (Å²) in [7, 11) is 0. The predicted octanol–water partition coefficient (Wildman–Crippen LogP) is 1.29. The van der Waals surface area contributed by atoms with Gasteiger partial charge in [-0.05, 0) is 13.3 Å². The monoisotopic (exact) mass is 142 g/mol. The molecule has 0 amide bonds. The van der Waals surface area contributed by atoms with Gasteiger partial charge in [0, 0.05) is 6.42 Å². The van der Waals surface area contributed by atoms with Crippen LogP contribution in [0.25, 0.3) is 0 Å². The second kappa shape index (κ2) is 3.52. The fraction of sp³-hybridized carbons (Fsp3) is 0.625. The lowest BCUT2D eigenvalue weighted by molar-refractivity contribution is -0.134. The van der Waals surface area contributed by atoms with E-state index in [-0.39, 0.29) is 12.2 Å². The third kappa shape index (κ3) is 2.31. The molecule has 0 saturated carbocycles. The van der Waals surface area contributed by atoms with Gasteiger partial charge in [0.05, 0.1) is 0 Å². The molecule has 0 spiro atoms. The van der Waals surface area contributed by atoms with Crippen molar-refractivity contribution < 1.29 is 9.90 Å². The zero-order chi connectivity index (χ0) is 8.20. The third-order valence-corrected chi connectivity index (χ3v) is 1.62. The van der Waals surface area contributed by atoms with Crippen molar-refractivity contribution in [3.8, 4) is 0 Å². The quantitative estimate of drug-likeness (QED) is 0.600. The highest BCUT2D eigenvalue weighted by Gasteiger charge is 2.25. The standard InChI is InChI=1S/C8H14O2/c1-4-6-7(9)8(3,10)5-2/h4,10H,1,5-6H2,2-3H3. The van der Waals surface area contributed by atoms with Crippen molar-refractivity contribution >= 4 is 5.78 Å². The summed E-state index contributed by atoms with van der Waals surface area (Å²) in [6.45, 7) is 6.72. The average molecular weight is 142 g/mol. The summed E-state index contributed by atoms with van der Waals surface area (Å²) >= 11 is 0. The fourth-order valence-electron chi connectivity index (χ4n) is 0.548. The first-order valence-corrected chi connectivity index (χ1v) is 3.41. The van der Waals surface area contributed by atoms with Gasteiger partial charge < -0.3 is 5.11 Å². The first kappa shape index (κ1) is 9.37. The Kier molecular flexibility index (Phi) is 3.30. The van der Waals surface area contributed by atoms with Crippen LogP contribution in [0.4, 0.5) is 0 Å². The van der Waals surface area contributed by atoms with Crippen molar-refractivity contribution in [2.45, 2.75) is 32.3 Å². The summed E-state index contributed by atoms with van der Waals surface area (Å²) in [6.07, 6.45) is 2.22. The summed E-state index contributed by atoms with van der Waals surface area (Å²) in [5.41, 5.74) is -1.16. The third-order valence-electron chi connectivity index (χ3n) is 1.62. The van der Waals surface area contributed by atoms with Crippen molar-refractivity contribution in [3.05, 3.63) is 12.7 Å². The number of rotatable bonds is 4. The van der Waals surface area contributed by atoms with Crippen molar-refractivity contribution in [2.24, 2.45) is 0 Å². The zero-order valence-electron chi connectivity index (χ0n) is 6.55. The molecular formula is C8H14O2. The number of hydrogen-bond donors (Lipinski definition) is 1. The molecule has 0 heterocycles. The van der Waals surface area contributed by atoms with Gasteiger partial charge in [0.1, 0.15) is 5.60 Å². The minimum Gasteiger partial charge on any atom is -0.382 e. The summed E-state index contributed by atoms with van der Waals surface area (Å²) in [4.78, 5) is 11.0. The second-order valence-electron chi connectivity index (χ2n) is 2.54. The van der Waals surface area contributed by atoms with Gasteiger partial charge >= 0.3 is 0 Å². The minimum absolute atomic E-state index is 0.162. The molecule has 0 aliphatic rings. The smallest absolute Gasteiger partial charge is 0.167 e. The van der Waals surface area contributed by atoms with Crippen LogP contribution in [-0.4, -0.2) is 16.5 Å². The first-order chi connectivity index (χ1) is 4.54. The van der Waals surface area contributed by atoms with Crippen molar-refractivity contribution in [1.29, 1.82) is 0 Å². The number of hydrogen-bond acceptors (Lipinski definition) is 2. The molecule has 2 heteroatoms. The number of allylic oxidation sites excluding steroid dienone is 1. The molecule has 0 radical (unpaired) electrons. The van der Waals surface area contributed by atoms with Crippen molar-refractivity contribution in [2.75, 3.05) is 0 Å². The molecule has 0 saturated heterocycles. The minimum atomic E-state index is -1.16. The van der Waals surface area contributed by atoms with E-state index >= 15 is 0 Å². The molecule has 0 aromatic carbocycles. The van der Waals surface area contributed by atoms with E-state index in [0.29, 0.717) is 6.42 Å². The lowest BCUT2D eigenvalue weighted by Crippen LogP contribution is -2.33. The van der Waals surface area contributed by atoms with Crippen LogP contribution >= 0.6 is 0 Å². The van der Waals surface area contributed by atoms with Gasteiger partial charge in [0.25, 0.3) is 0 Å². The van der Waals surface area contributed by atoms with Crippen LogP contribution in [0.15, 0.2) is 12.7 Å². The number of carbonyl (C=O) groups excluding carboxylic acids is 1. The highest BCUT2D eigenvalue weighted by Crippen LogP contribution is 2.11. The van der Waals surface area contributed by atoms with Crippen molar-refractivity contribution in [1.82, 2.24) is 0 Å². The van der Waals surface area contributed by atoms with Crippen LogP contribution in [0.1, 0.15) is 26.7 Å². The molecule has 1 N–H and O–H groups in total. The lowest BCUT2D eigenvalue weighted by Gasteiger charge is -2.17. The molecule has 58 valence electrons. The van der Waals surface area contributed by atoms with E-state index in [1.807, 2.05) is 0 Å². The molecule has 0 aliphatic carbocycles. The molecule has 0 aromatic heterocycles. The molecule has 0 aromatic rings. The Morgan fingerprint density at radius 2 is 2.30 bits per heavy atom. The highest BCUT2D eigenvalue weighted by molar-refractivity contribution is 5.87. The Labute approximate surface area is 61.6 Å². The van der Waals surface area contributed by atoms with E-state index < -0.39 is 5.60 Å². The second-order valence-corrected chi connectivity index (χ2v) is 2.54. The molecule has 0 aliphatic heterocycles. The van der Waals surface area contributed by atoms with Gasteiger partial charge in [-0.1, -0.05) is 13.0 Å². The van der Waals surface area contributed by atoms with Crippen LogP contribution in [0, 0.1) is 0 Å². The van der Waals surface area contributed by atoms with E-state index in [0.717, 1.165) is 0 Å². The van der Waals surface area contributed by atoms with Crippen LogP contribution in [0.2, 0.25) is 0 Å². The van der Waals surface area contributed by atoms with Crippen molar-refractivity contribution in [3.63, 3.8) is 0 Å². The molecule has 0 rings (SSSR count). The topological polar surface area (TPSA) is 37.3 Å². The maximum absolute atomic E-state index is 11.0. The largest absolute Gasteiger partial charge is 0.382 e. The van der Waals surface area contributed by atoms with Crippen LogP contribution < -0.4 is 0 Å². The summed E-state index contributed by atoms with van der Waals surface area (Å²) in [6, 6.07) is 0. The Bertz CT molecular complexity index is 136. The van der Waals surface area contributed by atoms with E-state index in [1.165, 1.54) is 13.0 Å². The van der Waals surface area contributed by atoms with Gasteiger partial charge in [-0.15, -0.1) is 6.58 Å². The van der Waals surface area contributed by atoms with E-state index in [4.69, 9.17) is 0 Å². The summed E-state index contributed by atoms with van der Waals surface area (Å²) in [5, 5.41) is 9.33. The SMILES string of the molecule is C=CCC(=O)C(C)(O)CC. The molecular weight excluding hydrogens is 128 g/mol. The maximum Gasteiger partial charge on any atom is 0.167 e. The maximum atomic E-state index is 11.0. The highest BCUT2D eigenvalue weighted by atomic mass is 16.3. The predicted molar refractivity (Wildman–Crippen MR) is 40.7 cm³/mol. The van der Waals surface area contributed by atoms with Crippen LogP contribution in [0.5, 0.6) is 0 Å². The molecule has 10 heavy (non-hydrogen) atoms. The fourth-order valence-corrected chi connectivity index (χ4v) is 0.548. The zero-order valence-corrected chi connectivity index (χ0v) is 6.55. The number of Topliss-reactive ketones (excluding diaryl/α,β-unsaturated/α-hetero) is 1. The van der Waals surface area contributed by atoms with Gasteiger partial charge in [-0.2, -0.15) is 0 Å². The van der Waals surface area contributed by atoms with Crippen LogP contribution in [0.3, 0.4) is 0 Å². The summed E-state index contributed by atoms with van der Waals surface area (Å²) < 4.78 is 0. The Morgan fingerprint density at radius 3 is 2.60 bits per heavy atom. The number of carbonyl (C=O) groups is 1. The Morgan fingerprint density at radius 1 is 1.80 bits per heavy atom. The number of aliphatic hydroxyl groups is 1. The van der Waals surface area contributed by atoms with E-state index in [9.17, 15) is 9.90 Å². The average Bonchev–Trinajstić information content (AvgIpc) is 1.89. The molecule has 1 unspecified atom stereocenters. The van der Waals surface area contributed by atoms with E-state index in [2.05, 4.69) is 6.58 Å². The molecule has 0 bridgehead atoms. The Balaban J connectivity index is 4.03. The van der Waals surface area contributed by atoms with Crippen LogP contribution in [-0.2, 0) is 4.79 Å². The Hall–Kier alpha value is -0.630. The van der Waals surface area contributed by atoms with Gasteiger partial charge in [0.2, 0.25) is 0 Å². The number of ketones is 1. The van der Waals surface area contributed by atoms with Gasteiger partial charge in [-0.3, -0.25) is 4.79 Å². The molecule has 1 atom stereocenters. The summed E-state index contributed by atoms with van der Waals surface area (Å²) in [5.74, 6) is -0.162. The normalized spacial score (nSPS) is 15.9. The van der Waals surface area contributed by atoms with Gasteiger partial charge in [0.15, 0.2) is 5.78 Å². The lowest BCUT2D eigenvalue weighted by atomic mass is 9.96. The molecule has 2 nitrogen and oxygen atoms in total. The van der Waals surface area contributed by atoms with Gasteiger partial charge in [-0.25, -0.2) is 0 Å². The first-order valence-electron chi connectivity index (χ1n) is 3.41. The van der Waals surface area contributed by atoms with E-state index in [1.54, 1.807) is 6.92 Å².